The molecule has 0 spiro atoms. The molecule has 3 nitrogen and oxygen atoms in total. The van der Waals surface area contributed by atoms with Crippen molar-refractivity contribution >= 4 is 33.2 Å². The fraction of sp³-hybridized carbons (Fsp3) is 0.364. The van der Waals surface area contributed by atoms with Gasteiger partial charge in [0.1, 0.15) is 0 Å². The molecule has 0 unspecified atom stereocenters. The van der Waals surface area contributed by atoms with Crippen molar-refractivity contribution in [1.29, 1.82) is 0 Å². The predicted molar refractivity (Wildman–Crippen MR) is 69.5 cm³/mol. The highest BCUT2D eigenvalue weighted by molar-refractivity contribution is 9.10. The van der Waals surface area contributed by atoms with Crippen LogP contribution in [0.5, 0.6) is 0 Å². The van der Waals surface area contributed by atoms with Crippen LogP contribution in [0.15, 0.2) is 27.6 Å². The third-order valence-corrected chi connectivity index (χ3v) is 3.68. The van der Waals surface area contributed by atoms with Gasteiger partial charge in [0.05, 0.1) is 7.11 Å². The molecule has 1 aromatic rings. The first-order valence-corrected chi connectivity index (χ1v) is 6.49. The molecule has 88 valence electrons. The Balaban J connectivity index is 2.28. The highest BCUT2D eigenvalue weighted by Crippen LogP contribution is 2.19. The molecule has 1 rings (SSSR count). The largest absolute Gasteiger partial charge is 0.466 e. The molecular formula is C11H14BrNO2S. The molecule has 1 aromatic heterocycles. The molecule has 1 N–H and O–H groups in total. The maximum absolute atomic E-state index is 11.1. The van der Waals surface area contributed by atoms with Crippen molar-refractivity contribution in [3.05, 3.63) is 32.4 Å². The van der Waals surface area contributed by atoms with Gasteiger partial charge in [0, 0.05) is 33.4 Å². The minimum absolute atomic E-state index is 0.277. The minimum atomic E-state index is -0.277. The van der Waals surface area contributed by atoms with Gasteiger partial charge in [-0.25, -0.2) is 4.79 Å². The monoisotopic (exact) mass is 303 g/mol. The Bertz CT molecular complexity index is 387. The number of esters is 1. The Morgan fingerprint density at radius 1 is 1.69 bits per heavy atom. The molecule has 0 aliphatic heterocycles. The first-order chi connectivity index (χ1) is 7.63. The van der Waals surface area contributed by atoms with Gasteiger partial charge in [-0.3, -0.25) is 0 Å². The molecule has 0 bridgehead atoms. The summed E-state index contributed by atoms with van der Waals surface area (Å²) in [5.41, 5.74) is 0.627. The van der Waals surface area contributed by atoms with Gasteiger partial charge in [-0.1, -0.05) is 6.08 Å². The summed E-state index contributed by atoms with van der Waals surface area (Å²) in [5, 5.41) is 5.28. The van der Waals surface area contributed by atoms with Gasteiger partial charge in [0.25, 0.3) is 0 Å². The van der Waals surface area contributed by atoms with E-state index in [0.717, 1.165) is 11.0 Å². The van der Waals surface area contributed by atoms with Crippen LogP contribution in [0.1, 0.15) is 11.8 Å². The van der Waals surface area contributed by atoms with Gasteiger partial charge in [-0.05, 0) is 28.9 Å². The Morgan fingerprint density at radius 2 is 2.44 bits per heavy atom. The fourth-order valence-electron chi connectivity index (χ4n) is 1.11. The zero-order chi connectivity index (χ0) is 12.0. The summed E-state index contributed by atoms with van der Waals surface area (Å²) in [6.07, 6.45) is 1.83. The van der Waals surface area contributed by atoms with Gasteiger partial charge < -0.3 is 10.1 Å². The molecule has 0 saturated carbocycles. The number of methoxy groups -OCH3 is 1. The number of hydrogen-bond acceptors (Lipinski definition) is 4. The van der Waals surface area contributed by atoms with Crippen LogP contribution in [0, 0.1) is 0 Å². The SMILES string of the molecule is COC(=O)C(C)=CCNCc1cc(Br)cs1. The van der Waals surface area contributed by atoms with E-state index in [9.17, 15) is 4.79 Å². The van der Waals surface area contributed by atoms with Gasteiger partial charge in [-0.2, -0.15) is 0 Å². The smallest absolute Gasteiger partial charge is 0.333 e. The lowest BCUT2D eigenvalue weighted by molar-refractivity contribution is -0.136. The third-order valence-electron chi connectivity index (χ3n) is 1.98. The second-order valence-electron chi connectivity index (χ2n) is 3.24. The summed E-state index contributed by atoms with van der Waals surface area (Å²) in [4.78, 5) is 12.3. The van der Waals surface area contributed by atoms with Crippen LogP contribution in [0.3, 0.4) is 0 Å². The van der Waals surface area contributed by atoms with Crippen molar-refractivity contribution in [2.75, 3.05) is 13.7 Å². The summed E-state index contributed by atoms with van der Waals surface area (Å²) >= 11 is 5.10. The lowest BCUT2D eigenvalue weighted by atomic mass is 10.3. The normalized spacial score (nSPS) is 11.6. The molecule has 1 heterocycles. The number of nitrogens with one attached hydrogen (secondary N) is 1. The third kappa shape index (κ3) is 4.47. The van der Waals surface area contributed by atoms with E-state index < -0.39 is 0 Å². The van der Waals surface area contributed by atoms with Crippen LogP contribution in [0.2, 0.25) is 0 Å². The van der Waals surface area contributed by atoms with Gasteiger partial charge in [0.15, 0.2) is 0 Å². The Labute approximate surface area is 108 Å². The molecule has 0 fully saturated rings. The van der Waals surface area contributed by atoms with Gasteiger partial charge in [-0.15, -0.1) is 11.3 Å². The lowest BCUT2D eigenvalue weighted by Gasteiger charge is -2.00. The van der Waals surface area contributed by atoms with E-state index in [1.807, 2.05) is 11.5 Å². The van der Waals surface area contributed by atoms with E-state index in [1.165, 1.54) is 12.0 Å². The fourth-order valence-corrected chi connectivity index (χ4v) is 2.53. The molecule has 0 aliphatic carbocycles. The summed E-state index contributed by atoms with van der Waals surface area (Å²) in [7, 11) is 1.39. The summed E-state index contributed by atoms with van der Waals surface area (Å²) in [6, 6.07) is 2.08. The first kappa shape index (κ1) is 13.4. The number of carbonyl (C=O) groups excluding carboxylic acids is 1. The number of ether oxygens (including phenoxy) is 1. The molecular weight excluding hydrogens is 290 g/mol. The average Bonchev–Trinajstić information content (AvgIpc) is 2.69. The highest BCUT2D eigenvalue weighted by Gasteiger charge is 2.01. The van der Waals surface area contributed by atoms with Crippen LogP contribution < -0.4 is 5.32 Å². The maximum atomic E-state index is 11.1. The van der Waals surface area contributed by atoms with Crippen molar-refractivity contribution in [3.63, 3.8) is 0 Å². The first-order valence-electron chi connectivity index (χ1n) is 4.82. The van der Waals surface area contributed by atoms with Crippen molar-refractivity contribution < 1.29 is 9.53 Å². The molecule has 0 aromatic carbocycles. The Morgan fingerprint density at radius 3 is 3.00 bits per heavy atom. The van der Waals surface area contributed by atoms with E-state index >= 15 is 0 Å². The molecule has 0 radical (unpaired) electrons. The summed E-state index contributed by atoms with van der Waals surface area (Å²) < 4.78 is 5.70. The Hall–Kier alpha value is -0.650. The second-order valence-corrected chi connectivity index (χ2v) is 5.15. The van der Waals surface area contributed by atoms with Gasteiger partial charge in [0.2, 0.25) is 0 Å². The van der Waals surface area contributed by atoms with E-state index in [4.69, 9.17) is 0 Å². The van der Waals surface area contributed by atoms with E-state index in [2.05, 4.69) is 32.0 Å². The van der Waals surface area contributed by atoms with Crippen LogP contribution in [-0.4, -0.2) is 19.6 Å². The van der Waals surface area contributed by atoms with E-state index in [1.54, 1.807) is 18.3 Å². The number of thiophene rings is 1. The average molecular weight is 304 g/mol. The number of hydrogen-bond donors (Lipinski definition) is 1. The molecule has 0 aliphatic rings. The van der Waals surface area contributed by atoms with Crippen LogP contribution in [0.4, 0.5) is 0 Å². The maximum Gasteiger partial charge on any atom is 0.333 e. The highest BCUT2D eigenvalue weighted by atomic mass is 79.9. The van der Waals surface area contributed by atoms with Crippen LogP contribution in [-0.2, 0) is 16.1 Å². The van der Waals surface area contributed by atoms with Crippen LogP contribution in [0.25, 0.3) is 0 Å². The zero-order valence-corrected chi connectivity index (χ0v) is 11.7. The predicted octanol–water partition coefficient (Wildman–Crippen LogP) is 2.72. The van der Waals surface area contributed by atoms with Gasteiger partial charge >= 0.3 is 5.97 Å². The Kier molecular flexibility index (Phi) is 5.73. The van der Waals surface area contributed by atoms with E-state index in [-0.39, 0.29) is 5.97 Å². The number of halogens is 1. The quantitative estimate of drug-likeness (QED) is 0.516. The van der Waals surface area contributed by atoms with E-state index in [0.29, 0.717) is 12.1 Å². The van der Waals surface area contributed by atoms with Crippen molar-refractivity contribution in [1.82, 2.24) is 5.32 Å². The standard InChI is InChI=1S/C11H14BrNO2S/c1-8(11(14)15-2)3-4-13-6-10-5-9(12)7-16-10/h3,5,7,13H,4,6H2,1-2H3. The lowest BCUT2D eigenvalue weighted by Crippen LogP contribution is -2.13. The summed E-state index contributed by atoms with van der Waals surface area (Å²) in [5.74, 6) is -0.277. The zero-order valence-electron chi connectivity index (χ0n) is 9.25. The molecule has 0 amide bonds. The minimum Gasteiger partial charge on any atom is -0.466 e. The molecule has 0 saturated heterocycles. The molecule has 16 heavy (non-hydrogen) atoms. The van der Waals surface area contributed by atoms with Crippen LogP contribution >= 0.6 is 27.3 Å². The molecule has 0 atom stereocenters. The van der Waals surface area contributed by atoms with Crippen molar-refractivity contribution in [2.24, 2.45) is 0 Å². The second kappa shape index (κ2) is 6.83. The topological polar surface area (TPSA) is 38.3 Å². The number of carbonyl (C=O) groups is 1. The van der Waals surface area contributed by atoms with Crippen molar-refractivity contribution in [2.45, 2.75) is 13.5 Å². The van der Waals surface area contributed by atoms with Crippen molar-refractivity contribution in [3.8, 4) is 0 Å². The summed E-state index contributed by atoms with van der Waals surface area (Å²) in [6.45, 7) is 3.22. The molecule has 5 heteroatoms. The number of rotatable bonds is 5.